The van der Waals surface area contributed by atoms with Gasteiger partial charge in [-0.1, -0.05) is 18.6 Å². The summed E-state index contributed by atoms with van der Waals surface area (Å²) in [5.74, 6) is -4.27. The highest BCUT2D eigenvalue weighted by molar-refractivity contribution is 7.90. The van der Waals surface area contributed by atoms with E-state index >= 15 is 0 Å². The predicted octanol–water partition coefficient (Wildman–Crippen LogP) is 5.05. The van der Waals surface area contributed by atoms with Crippen molar-refractivity contribution in [1.29, 1.82) is 0 Å². The molecule has 3 heterocycles. The first-order valence-electron chi connectivity index (χ1n) is 19.1. The maximum absolute atomic E-state index is 14.9. The largest absolute Gasteiger partial charge is 0.494 e. The Labute approximate surface area is 321 Å². The number of sulfonamides is 1. The molecule has 2 aromatic rings. The number of allylic oxidation sites excluding steroid dienone is 2. The Bertz CT molecular complexity index is 1940. The van der Waals surface area contributed by atoms with Gasteiger partial charge >= 0.3 is 5.97 Å². The van der Waals surface area contributed by atoms with Crippen LogP contribution < -0.4 is 14.2 Å². The van der Waals surface area contributed by atoms with Crippen LogP contribution in [0.25, 0.3) is 10.8 Å². The quantitative estimate of drug-likeness (QED) is 0.253. The third-order valence-electron chi connectivity index (χ3n) is 11.1. The number of nitrogens with one attached hydrogen (secondary N) is 1. The van der Waals surface area contributed by atoms with Crippen LogP contribution in [0.2, 0.25) is 0 Å². The number of hydrogen-bond donors (Lipinski definition) is 1. The van der Waals surface area contributed by atoms with Crippen LogP contribution in [-0.4, -0.2) is 92.2 Å². The van der Waals surface area contributed by atoms with Crippen molar-refractivity contribution in [2.24, 2.45) is 23.2 Å². The van der Waals surface area contributed by atoms with Gasteiger partial charge in [-0.2, -0.15) is 0 Å². The first-order chi connectivity index (χ1) is 26.0. The molecule has 1 N–H and O–H groups in total. The molecule has 0 spiro atoms. The summed E-state index contributed by atoms with van der Waals surface area (Å²) in [6.07, 6.45) is 8.02. The minimum Gasteiger partial charge on any atom is -0.494 e. The number of rotatable bonds is 10. The molecule has 1 aromatic carbocycles. The highest BCUT2D eigenvalue weighted by atomic mass is 32.2. The SMILES string of the molecule is COC[C@@H]1CCCC/C=C\[C@@H]2C[C@@]2(C(=O)NS(=O)(=O)C2CC2)CC(=O)[C@@H]2C[C@@H](Oc3nccc4cc(OC)c(F)cc34)CN2C(=O)[C@H]1CC(=O)OC(C)(C)C. The molecular formula is C40H52FN3O10S. The summed E-state index contributed by atoms with van der Waals surface area (Å²) in [5, 5.41) is 0.342. The highest BCUT2D eigenvalue weighted by Crippen LogP contribution is 2.57. The number of pyridine rings is 1. The van der Waals surface area contributed by atoms with Gasteiger partial charge in [0.1, 0.15) is 11.7 Å². The second-order valence-corrected chi connectivity index (χ2v) is 18.4. The lowest BCUT2D eigenvalue weighted by Gasteiger charge is -2.33. The van der Waals surface area contributed by atoms with Crippen molar-refractivity contribution >= 4 is 44.4 Å². The molecule has 15 heteroatoms. The fourth-order valence-corrected chi connectivity index (χ4v) is 9.40. The summed E-state index contributed by atoms with van der Waals surface area (Å²) in [5.41, 5.74) is -2.10. The summed E-state index contributed by atoms with van der Waals surface area (Å²) < 4.78 is 65.7. The van der Waals surface area contributed by atoms with E-state index in [1.807, 2.05) is 12.2 Å². The molecule has 6 atom stereocenters. The van der Waals surface area contributed by atoms with Crippen LogP contribution in [0.5, 0.6) is 11.6 Å². The fraction of sp³-hybridized carbons (Fsp3) is 0.625. The van der Waals surface area contributed by atoms with Crippen molar-refractivity contribution in [2.45, 2.75) is 108 Å². The molecule has 0 radical (unpaired) electrons. The maximum atomic E-state index is 14.9. The van der Waals surface area contributed by atoms with Gasteiger partial charge in [-0.25, -0.2) is 17.8 Å². The molecule has 3 fully saturated rings. The average Bonchev–Trinajstić information content (AvgIpc) is 4.04. The van der Waals surface area contributed by atoms with Crippen LogP contribution in [-0.2, 0) is 38.7 Å². The van der Waals surface area contributed by atoms with E-state index in [4.69, 9.17) is 18.9 Å². The van der Waals surface area contributed by atoms with Crippen molar-refractivity contribution < 1.29 is 50.9 Å². The van der Waals surface area contributed by atoms with Crippen LogP contribution >= 0.6 is 0 Å². The van der Waals surface area contributed by atoms with E-state index < -0.39 is 73.7 Å². The van der Waals surface area contributed by atoms with Crippen molar-refractivity contribution in [3.8, 4) is 11.6 Å². The molecule has 13 nitrogen and oxygen atoms in total. The van der Waals surface area contributed by atoms with Gasteiger partial charge < -0.3 is 23.8 Å². The number of esters is 1. The Kier molecular flexibility index (Phi) is 11.9. The first kappa shape index (κ1) is 40.6. The lowest BCUT2D eigenvalue weighted by molar-refractivity contribution is -0.160. The molecule has 0 unspecified atom stereocenters. The second-order valence-electron chi connectivity index (χ2n) is 16.4. The number of ketones is 1. The van der Waals surface area contributed by atoms with Crippen molar-refractivity contribution in [3.63, 3.8) is 0 Å². The van der Waals surface area contributed by atoms with Crippen molar-refractivity contribution in [3.05, 3.63) is 42.4 Å². The molecular weight excluding hydrogens is 734 g/mol. The highest BCUT2D eigenvalue weighted by Gasteiger charge is 2.61. The maximum Gasteiger partial charge on any atom is 0.307 e. The van der Waals surface area contributed by atoms with Crippen LogP contribution in [0.3, 0.4) is 0 Å². The van der Waals surface area contributed by atoms with Gasteiger partial charge in [-0.3, -0.25) is 23.9 Å². The number of aromatic nitrogens is 1. The number of Topliss-reactive ketones (excluding diaryl/α,β-unsaturated/α-hetero) is 1. The van der Waals surface area contributed by atoms with E-state index in [-0.39, 0.29) is 62.3 Å². The summed E-state index contributed by atoms with van der Waals surface area (Å²) >= 11 is 0. The molecule has 300 valence electrons. The fourth-order valence-electron chi connectivity index (χ4n) is 8.01. The van der Waals surface area contributed by atoms with Gasteiger partial charge in [0.05, 0.1) is 42.7 Å². The Morgan fingerprint density at radius 3 is 2.56 bits per heavy atom. The number of amides is 2. The summed E-state index contributed by atoms with van der Waals surface area (Å²) in [4.78, 5) is 62.5. The minimum atomic E-state index is -3.89. The summed E-state index contributed by atoms with van der Waals surface area (Å²) in [7, 11) is -0.985. The molecule has 2 aliphatic carbocycles. The van der Waals surface area contributed by atoms with Crippen molar-refractivity contribution in [2.75, 3.05) is 27.4 Å². The number of carbonyl (C=O) groups is 4. The van der Waals surface area contributed by atoms with E-state index in [1.54, 1.807) is 26.8 Å². The van der Waals surface area contributed by atoms with E-state index in [9.17, 15) is 32.0 Å². The molecule has 2 amide bonds. The van der Waals surface area contributed by atoms with Crippen LogP contribution in [0.15, 0.2) is 36.5 Å². The number of halogens is 1. The van der Waals surface area contributed by atoms with Gasteiger partial charge in [0, 0.05) is 38.1 Å². The normalized spacial score (nSPS) is 28.3. The summed E-state index contributed by atoms with van der Waals surface area (Å²) in [6, 6.07) is 3.39. The van der Waals surface area contributed by atoms with Crippen LogP contribution in [0.4, 0.5) is 4.39 Å². The molecule has 1 saturated heterocycles. The van der Waals surface area contributed by atoms with E-state index in [2.05, 4.69) is 9.71 Å². The molecule has 2 saturated carbocycles. The molecule has 4 aliphatic rings. The van der Waals surface area contributed by atoms with E-state index in [0.29, 0.717) is 42.9 Å². The van der Waals surface area contributed by atoms with Gasteiger partial charge in [0.25, 0.3) is 0 Å². The third kappa shape index (κ3) is 9.31. The number of hydrogen-bond acceptors (Lipinski definition) is 11. The van der Waals surface area contributed by atoms with E-state index in [0.717, 1.165) is 6.42 Å². The molecule has 1 aromatic heterocycles. The third-order valence-corrected chi connectivity index (χ3v) is 12.9. The molecule has 55 heavy (non-hydrogen) atoms. The smallest absolute Gasteiger partial charge is 0.307 e. The molecule has 0 bridgehead atoms. The molecule has 6 rings (SSSR count). The standard InChI is InChI=1S/C40H52FN3O10S/c1-39(2,3)54-35(46)19-30-25(23-51-4)10-8-6-7-9-11-26-20-40(26,38(48)43-55(49,50)28-12-13-28)21-33(45)32-17-27(22-44(32)37(30)47)53-36-29-18-31(41)34(52-5)16-24(29)14-15-42-36/h9,11,14-16,18,25-28,30,32H,6-8,10,12-13,17,19-23H2,1-5H3,(H,43,48)/b11-9-/t25-,26+,27+,30-,32-,40+/m0/s1. The first-order valence-corrected chi connectivity index (χ1v) is 20.7. The van der Waals surface area contributed by atoms with Crippen LogP contribution in [0.1, 0.15) is 85.0 Å². The average molecular weight is 786 g/mol. The van der Waals surface area contributed by atoms with E-state index in [1.165, 1.54) is 37.4 Å². The predicted molar refractivity (Wildman–Crippen MR) is 200 cm³/mol. The lowest BCUT2D eigenvalue weighted by Crippen LogP contribution is -2.48. The Morgan fingerprint density at radius 1 is 1.11 bits per heavy atom. The van der Waals surface area contributed by atoms with Gasteiger partial charge in [0.2, 0.25) is 27.7 Å². The number of fused-ring (bicyclic) bond motifs is 3. The van der Waals surface area contributed by atoms with Gasteiger partial charge in [-0.05, 0) is 94.7 Å². The zero-order valence-electron chi connectivity index (χ0n) is 32.2. The van der Waals surface area contributed by atoms with Gasteiger partial charge in [0.15, 0.2) is 17.3 Å². The zero-order valence-corrected chi connectivity index (χ0v) is 33.0. The zero-order chi connectivity index (χ0) is 39.7. The Balaban J connectivity index is 1.36. The number of benzene rings is 1. The Hall–Kier alpha value is -4.11. The number of ether oxygens (including phenoxy) is 4. The van der Waals surface area contributed by atoms with Crippen molar-refractivity contribution in [1.82, 2.24) is 14.6 Å². The number of nitrogens with zero attached hydrogens (tertiary/aromatic N) is 2. The number of carbonyl (C=O) groups excluding carboxylic acids is 4. The second kappa shape index (κ2) is 16.2. The lowest BCUT2D eigenvalue weighted by atomic mass is 9.84. The minimum absolute atomic E-state index is 0.0218. The monoisotopic (exact) mass is 785 g/mol. The topological polar surface area (TPSA) is 167 Å². The molecule has 2 aliphatic heterocycles. The summed E-state index contributed by atoms with van der Waals surface area (Å²) in [6.45, 7) is 5.37. The number of methoxy groups -OCH3 is 2. The van der Waals surface area contributed by atoms with Crippen LogP contribution in [0, 0.1) is 29.0 Å². The van der Waals surface area contributed by atoms with Gasteiger partial charge in [-0.15, -0.1) is 0 Å². The Morgan fingerprint density at radius 2 is 1.87 bits per heavy atom.